The van der Waals surface area contributed by atoms with Crippen molar-refractivity contribution in [1.29, 1.82) is 0 Å². The third kappa shape index (κ3) is 9.58. The number of nitrogens with zero attached hydrogens (tertiary/aromatic N) is 2. The van der Waals surface area contributed by atoms with Gasteiger partial charge in [-0.25, -0.2) is 9.59 Å². The molecule has 3 aromatic carbocycles. The van der Waals surface area contributed by atoms with Gasteiger partial charge >= 0.3 is 12.0 Å². The monoisotopic (exact) mass is 701 g/mol. The van der Waals surface area contributed by atoms with Gasteiger partial charge in [0.05, 0.1) is 33.4 Å². The summed E-state index contributed by atoms with van der Waals surface area (Å²) in [6, 6.07) is 20.7. The molecule has 10 nitrogen and oxygen atoms in total. The van der Waals surface area contributed by atoms with E-state index in [0.717, 1.165) is 31.2 Å². The summed E-state index contributed by atoms with van der Waals surface area (Å²) >= 11 is 12.2. The van der Waals surface area contributed by atoms with Gasteiger partial charge in [-0.1, -0.05) is 97.1 Å². The molecule has 1 fully saturated rings. The Balaban J connectivity index is 1.31. The van der Waals surface area contributed by atoms with Crippen molar-refractivity contribution in [3.63, 3.8) is 0 Å². The van der Waals surface area contributed by atoms with Crippen LogP contribution in [-0.2, 0) is 17.8 Å². The molecule has 0 saturated heterocycles. The van der Waals surface area contributed by atoms with E-state index in [9.17, 15) is 24.3 Å². The highest BCUT2D eigenvalue weighted by Gasteiger charge is 2.28. The lowest BCUT2D eigenvalue weighted by atomic mass is 9.89. The molecule has 1 aliphatic carbocycles. The van der Waals surface area contributed by atoms with Gasteiger partial charge < -0.3 is 21.1 Å². The molecule has 0 spiro atoms. The first-order valence-corrected chi connectivity index (χ1v) is 16.9. The molecular weight excluding hydrogens is 665 g/mol. The van der Waals surface area contributed by atoms with E-state index < -0.39 is 23.9 Å². The zero-order valence-corrected chi connectivity index (χ0v) is 28.2. The predicted molar refractivity (Wildman–Crippen MR) is 190 cm³/mol. The first-order chi connectivity index (χ1) is 23.7. The van der Waals surface area contributed by atoms with E-state index in [2.05, 4.69) is 20.9 Å². The van der Waals surface area contributed by atoms with E-state index in [1.165, 1.54) is 23.7 Å². The minimum atomic E-state index is -1.30. The van der Waals surface area contributed by atoms with Gasteiger partial charge in [0.15, 0.2) is 0 Å². The van der Waals surface area contributed by atoms with Crippen LogP contribution >= 0.6 is 23.2 Å². The average molecular weight is 703 g/mol. The van der Waals surface area contributed by atoms with Crippen LogP contribution in [0.5, 0.6) is 0 Å². The van der Waals surface area contributed by atoms with Crippen LogP contribution in [0.4, 0.5) is 16.2 Å². The number of urea groups is 1. The van der Waals surface area contributed by atoms with Gasteiger partial charge in [-0.2, -0.15) is 0 Å². The summed E-state index contributed by atoms with van der Waals surface area (Å²) in [4.78, 5) is 57.8. The fourth-order valence-corrected chi connectivity index (χ4v) is 6.40. The van der Waals surface area contributed by atoms with Crippen LogP contribution in [0.1, 0.15) is 63.9 Å². The van der Waals surface area contributed by atoms with Gasteiger partial charge in [-0.3, -0.25) is 19.5 Å². The molecule has 4 amide bonds. The van der Waals surface area contributed by atoms with Crippen LogP contribution in [-0.4, -0.2) is 46.5 Å². The molecule has 4 N–H and O–H groups in total. The Bertz CT molecular complexity index is 1760. The third-order valence-corrected chi connectivity index (χ3v) is 9.05. The van der Waals surface area contributed by atoms with Crippen LogP contribution in [0, 0.1) is 5.92 Å². The molecule has 1 atom stereocenters. The van der Waals surface area contributed by atoms with Crippen molar-refractivity contribution in [3.05, 3.63) is 124 Å². The number of hydrogen-bond acceptors (Lipinski definition) is 5. The Kier molecular flexibility index (Phi) is 12.2. The van der Waals surface area contributed by atoms with Crippen LogP contribution < -0.4 is 20.9 Å². The summed E-state index contributed by atoms with van der Waals surface area (Å²) < 4.78 is 0. The van der Waals surface area contributed by atoms with Gasteiger partial charge in [-0.05, 0) is 54.2 Å². The summed E-state index contributed by atoms with van der Waals surface area (Å²) in [6.45, 7) is 0.665. The third-order valence-electron chi connectivity index (χ3n) is 8.47. The van der Waals surface area contributed by atoms with Gasteiger partial charge in [0.25, 0.3) is 11.8 Å². The average Bonchev–Trinajstić information content (AvgIpc) is 3.11. The molecule has 5 rings (SSSR count). The lowest BCUT2D eigenvalue weighted by molar-refractivity contribution is -0.139. The highest BCUT2D eigenvalue weighted by atomic mass is 35.5. The highest BCUT2D eigenvalue weighted by Crippen LogP contribution is 2.27. The molecule has 4 aromatic rings. The summed E-state index contributed by atoms with van der Waals surface area (Å²) in [6.07, 6.45) is 8.28. The smallest absolute Gasteiger partial charge is 0.326 e. The van der Waals surface area contributed by atoms with E-state index in [1.54, 1.807) is 48.5 Å². The number of benzene rings is 3. The lowest BCUT2D eigenvalue weighted by Crippen LogP contribution is -2.49. The number of aliphatic carboxylic acids is 1. The van der Waals surface area contributed by atoms with Gasteiger partial charge in [0, 0.05) is 31.0 Å². The summed E-state index contributed by atoms with van der Waals surface area (Å²) in [7, 11) is 0. The van der Waals surface area contributed by atoms with Crippen LogP contribution in [0.25, 0.3) is 0 Å². The molecule has 0 radical (unpaired) electrons. The number of hydrogen-bond donors (Lipinski definition) is 4. The first kappa shape index (κ1) is 35.4. The van der Waals surface area contributed by atoms with Crippen LogP contribution in [0.15, 0.2) is 91.3 Å². The number of carboxylic acid groups (broad SMARTS) is 1. The second kappa shape index (κ2) is 16.9. The topological polar surface area (TPSA) is 141 Å². The number of para-hydroxylation sites is 1. The molecule has 1 aromatic heterocycles. The summed E-state index contributed by atoms with van der Waals surface area (Å²) in [5.41, 5.74) is 2.60. The Morgan fingerprint density at radius 3 is 2.14 bits per heavy atom. The van der Waals surface area contributed by atoms with Crippen molar-refractivity contribution < 1.29 is 24.3 Å². The van der Waals surface area contributed by atoms with E-state index in [-0.39, 0.29) is 34.5 Å². The largest absolute Gasteiger partial charge is 0.480 e. The summed E-state index contributed by atoms with van der Waals surface area (Å²) in [5, 5.41) is 18.8. The number of carboxylic acids is 1. The molecule has 0 unspecified atom stereocenters. The van der Waals surface area contributed by atoms with Crippen molar-refractivity contribution in [2.75, 3.05) is 16.8 Å². The zero-order chi connectivity index (χ0) is 34.8. The van der Waals surface area contributed by atoms with Crippen LogP contribution in [0.3, 0.4) is 0 Å². The number of anilines is 2. The minimum absolute atomic E-state index is 0.0417. The van der Waals surface area contributed by atoms with E-state index in [1.807, 2.05) is 30.3 Å². The molecule has 1 heterocycles. The Morgan fingerprint density at radius 2 is 1.47 bits per heavy atom. The van der Waals surface area contributed by atoms with Crippen molar-refractivity contribution in [2.45, 2.75) is 51.1 Å². The number of aromatic nitrogens is 1. The first-order valence-electron chi connectivity index (χ1n) is 16.1. The van der Waals surface area contributed by atoms with E-state index in [0.29, 0.717) is 35.0 Å². The number of halogens is 2. The molecule has 0 aliphatic heterocycles. The molecule has 12 heteroatoms. The summed E-state index contributed by atoms with van der Waals surface area (Å²) in [5.74, 6) is -1.62. The maximum absolute atomic E-state index is 13.9. The standard InChI is InChI=1S/C37H37Cl2N5O5/c38-29-21-40-22-30(39)33(29)35(46)42-27-17-15-24(16-18-27)19-31(36(47)48)43-37(49)44(23-26-11-5-2-6-12-26)32-14-8-7-13-28(32)34(45)41-20-25-9-3-1-4-10-25/h2,5-8,11-18,21-22,25,31H,1,3-4,9-10,19-20,23H2,(H,41,45)(H,42,46)(H,43,49)(H,47,48)/t31-/m0/s1. The highest BCUT2D eigenvalue weighted by molar-refractivity contribution is 6.40. The zero-order valence-electron chi connectivity index (χ0n) is 26.7. The maximum atomic E-state index is 13.9. The predicted octanol–water partition coefficient (Wildman–Crippen LogP) is 7.36. The second-order valence-corrected chi connectivity index (χ2v) is 12.8. The fourth-order valence-electron chi connectivity index (χ4n) is 5.87. The van der Waals surface area contributed by atoms with Crippen LogP contribution in [0.2, 0.25) is 10.0 Å². The van der Waals surface area contributed by atoms with Crippen molar-refractivity contribution >= 4 is 58.4 Å². The van der Waals surface area contributed by atoms with E-state index in [4.69, 9.17) is 23.2 Å². The quantitative estimate of drug-likeness (QED) is 0.122. The number of carbonyl (C=O) groups is 4. The van der Waals surface area contributed by atoms with Gasteiger partial charge in [0.1, 0.15) is 6.04 Å². The molecule has 1 aliphatic rings. The lowest BCUT2D eigenvalue weighted by Gasteiger charge is -2.27. The van der Waals surface area contributed by atoms with Crippen molar-refractivity contribution in [1.82, 2.24) is 15.6 Å². The number of carbonyl (C=O) groups excluding carboxylic acids is 3. The molecule has 1 saturated carbocycles. The van der Waals surface area contributed by atoms with Gasteiger partial charge in [-0.15, -0.1) is 0 Å². The Morgan fingerprint density at radius 1 is 0.816 bits per heavy atom. The number of nitrogens with one attached hydrogen (secondary N) is 3. The number of pyridine rings is 1. The number of amides is 4. The maximum Gasteiger partial charge on any atom is 0.326 e. The van der Waals surface area contributed by atoms with Crippen molar-refractivity contribution in [2.24, 2.45) is 5.92 Å². The van der Waals surface area contributed by atoms with Crippen molar-refractivity contribution in [3.8, 4) is 0 Å². The molecule has 0 bridgehead atoms. The Hall–Kier alpha value is -4.93. The van der Waals surface area contributed by atoms with E-state index >= 15 is 0 Å². The minimum Gasteiger partial charge on any atom is -0.480 e. The normalized spacial score (nSPS) is 13.6. The Labute approximate surface area is 294 Å². The second-order valence-electron chi connectivity index (χ2n) is 12.0. The van der Waals surface area contributed by atoms with Gasteiger partial charge in [0.2, 0.25) is 0 Å². The molecule has 49 heavy (non-hydrogen) atoms. The molecule has 254 valence electrons. The number of rotatable bonds is 12. The molecular formula is C37H37Cl2N5O5. The fraction of sp³-hybridized carbons (Fsp3) is 0.270. The SMILES string of the molecule is O=C(NCC1CCCCC1)c1ccccc1N(Cc1ccccc1)C(=O)N[C@@H](Cc1ccc(NC(=O)c2c(Cl)cncc2Cl)cc1)C(=O)O.